The van der Waals surface area contributed by atoms with Crippen LogP contribution in [-0.2, 0) is 6.54 Å². The second-order valence-electron chi connectivity index (χ2n) is 6.58. The van der Waals surface area contributed by atoms with E-state index in [1.807, 2.05) is 36.4 Å². The lowest BCUT2D eigenvalue weighted by Crippen LogP contribution is -2.38. The van der Waals surface area contributed by atoms with E-state index in [0.717, 1.165) is 17.3 Å². The highest BCUT2D eigenvalue weighted by Gasteiger charge is 2.07. The van der Waals surface area contributed by atoms with E-state index in [-0.39, 0.29) is 24.0 Å². The number of rotatable bonds is 9. The van der Waals surface area contributed by atoms with Crippen molar-refractivity contribution in [2.24, 2.45) is 4.99 Å². The number of ether oxygens (including phenoxy) is 3. The van der Waals surface area contributed by atoms with Gasteiger partial charge in [-0.1, -0.05) is 38.1 Å². The minimum absolute atomic E-state index is 0. The van der Waals surface area contributed by atoms with Gasteiger partial charge in [0.1, 0.15) is 12.4 Å². The Bertz CT molecular complexity index is 782. The zero-order valence-corrected chi connectivity index (χ0v) is 20.2. The summed E-state index contributed by atoms with van der Waals surface area (Å²) < 4.78 is 16.5. The molecule has 0 aliphatic heterocycles. The average Bonchev–Trinajstić information content (AvgIpc) is 2.73. The summed E-state index contributed by atoms with van der Waals surface area (Å²) in [7, 11) is 5.01. The lowest BCUT2D eigenvalue weighted by Gasteiger charge is -2.16. The summed E-state index contributed by atoms with van der Waals surface area (Å²) in [6.45, 7) is 6.16. The monoisotopic (exact) mass is 513 g/mol. The summed E-state index contributed by atoms with van der Waals surface area (Å²) >= 11 is 0. The molecule has 0 amide bonds. The van der Waals surface area contributed by atoms with Crippen molar-refractivity contribution in [3.05, 3.63) is 53.6 Å². The number of methoxy groups -OCH3 is 2. The summed E-state index contributed by atoms with van der Waals surface area (Å²) in [6, 6.07) is 14.0. The molecule has 7 heteroatoms. The van der Waals surface area contributed by atoms with E-state index in [1.165, 1.54) is 5.56 Å². The van der Waals surface area contributed by atoms with Crippen molar-refractivity contribution < 1.29 is 14.2 Å². The van der Waals surface area contributed by atoms with E-state index in [2.05, 4.69) is 35.5 Å². The van der Waals surface area contributed by atoms with Crippen LogP contribution in [-0.4, -0.2) is 40.4 Å². The topological polar surface area (TPSA) is 64.1 Å². The minimum atomic E-state index is 0. The Morgan fingerprint density at radius 2 is 1.69 bits per heavy atom. The first kappa shape index (κ1) is 24.9. The van der Waals surface area contributed by atoms with Crippen molar-refractivity contribution >= 4 is 29.9 Å². The van der Waals surface area contributed by atoms with Crippen LogP contribution in [0.2, 0.25) is 0 Å². The maximum absolute atomic E-state index is 5.94. The number of para-hydroxylation sites is 1. The fourth-order valence-electron chi connectivity index (χ4n) is 2.82. The van der Waals surface area contributed by atoms with Gasteiger partial charge in [0, 0.05) is 13.6 Å². The molecule has 0 saturated heterocycles. The molecule has 2 N–H and O–H groups in total. The number of guanidine groups is 1. The molecule has 0 spiro atoms. The molecule has 0 aliphatic rings. The van der Waals surface area contributed by atoms with E-state index in [9.17, 15) is 0 Å². The van der Waals surface area contributed by atoms with Gasteiger partial charge in [-0.05, 0) is 35.2 Å². The van der Waals surface area contributed by atoms with Crippen molar-refractivity contribution in [3.63, 3.8) is 0 Å². The molecule has 2 aromatic rings. The second-order valence-corrected chi connectivity index (χ2v) is 6.58. The molecule has 29 heavy (non-hydrogen) atoms. The predicted octanol–water partition coefficient (Wildman–Crippen LogP) is 4.19. The van der Waals surface area contributed by atoms with Crippen LogP contribution in [0.3, 0.4) is 0 Å². The molecule has 0 heterocycles. The van der Waals surface area contributed by atoms with Gasteiger partial charge < -0.3 is 24.8 Å². The highest BCUT2D eigenvalue weighted by molar-refractivity contribution is 14.0. The van der Waals surface area contributed by atoms with Crippen molar-refractivity contribution in [3.8, 4) is 17.2 Å². The van der Waals surface area contributed by atoms with E-state index in [0.29, 0.717) is 37.1 Å². The van der Waals surface area contributed by atoms with Crippen LogP contribution < -0.4 is 24.8 Å². The van der Waals surface area contributed by atoms with E-state index in [4.69, 9.17) is 14.2 Å². The van der Waals surface area contributed by atoms with Crippen molar-refractivity contribution in [2.45, 2.75) is 26.3 Å². The van der Waals surface area contributed by atoms with Gasteiger partial charge >= 0.3 is 0 Å². The van der Waals surface area contributed by atoms with Crippen LogP contribution >= 0.6 is 24.0 Å². The van der Waals surface area contributed by atoms with Gasteiger partial charge in [0.15, 0.2) is 17.5 Å². The molecule has 0 bridgehead atoms. The maximum atomic E-state index is 5.94. The molecule has 0 aliphatic carbocycles. The van der Waals surface area contributed by atoms with E-state index < -0.39 is 0 Å². The third-order valence-electron chi connectivity index (χ3n) is 4.32. The zero-order valence-electron chi connectivity index (χ0n) is 17.8. The molecule has 160 valence electrons. The molecule has 2 rings (SSSR count). The van der Waals surface area contributed by atoms with Crippen LogP contribution in [0, 0.1) is 0 Å². The van der Waals surface area contributed by atoms with Gasteiger partial charge in [-0.2, -0.15) is 0 Å². The minimum Gasteiger partial charge on any atom is -0.493 e. The Morgan fingerprint density at radius 3 is 2.34 bits per heavy atom. The normalized spacial score (nSPS) is 10.9. The number of hydrogen-bond donors (Lipinski definition) is 2. The highest BCUT2D eigenvalue weighted by atomic mass is 127. The maximum Gasteiger partial charge on any atom is 0.191 e. The van der Waals surface area contributed by atoms with Gasteiger partial charge in [-0.25, -0.2) is 0 Å². The fraction of sp³-hybridized carbons (Fsp3) is 0.409. The standard InChI is InChI=1S/C22H31N3O3.HI/c1-16(2)18-8-6-7-9-19(18)28-13-12-24-22(23-3)25-15-17-10-11-20(26-4)21(14-17)27-5;/h6-11,14,16H,12-13,15H2,1-5H3,(H2,23,24,25);1H. The van der Waals surface area contributed by atoms with Crippen molar-refractivity contribution in [2.75, 3.05) is 34.4 Å². The van der Waals surface area contributed by atoms with Crippen LogP contribution in [0.15, 0.2) is 47.5 Å². The SMILES string of the molecule is CN=C(NCCOc1ccccc1C(C)C)NCc1ccc(OC)c(OC)c1.I. The van der Waals surface area contributed by atoms with Gasteiger partial charge in [-0.3, -0.25) is 4.99 Å². The third kappa shape index (κ3) is 7.64. The molecule has 0 radical (unpaired) electrons. The summed E-state index contributed by atoms with van der Waals surface area (Å²) in [5, 5.41) is 6.56. The Morgan fingerprint density at radius 1 is 0.966 bits per heavy atom. The van der Waals surface area contributed by atoms with Crippen LogP contribution in [0.5, 0.6) is 17.2 Å². The van der Waals surface area contributed by atoms with Crippen LogP contribution in [0.25, 0.3) is 0 Å². The number of benzene rings is 2. The molecule has 0 unspecified atom stereocenters. The van der Waals surface area contributed by atoms with Crippen LogP contribution in [0.4, 0.5) is 0 Å². The summed E-state index contributed by atoms with van der Waals surface area (Å²) in [5.74, 6) is 3.51. The highest BCUT2D eigenvalue weighted by Crippen LogP contribution is 2.27. The van der Waals surface area contributed by atoms with E-state index >= 15 is 0 Å². The Labute approximate surface area is 191 Å². The largest absolute Gasteiger partial charge is 0.493 e. The average molecular weight is 513 g/mol. The predicted molar refractivity (Wildman–Crippen MR) is 129 cm³/mol. The molecule has 6 nitrogen and oxygen atoms in total. The van der Waals surface area contributed by atoms with Gasteiger partial charge in [-0.15, -0.1) is 24.0 Å². The number of halogens is 1. The first-order chi connectivity index (χ1) is 13.6. The molecular formula is C22H32IN3O3. The Hall–Kier alpha value is -2.16. The second kappa shape index (κ2) is 13.1. The number of aliphatic imine (C=N–C) groups is 1. The first-order valence-corrected chi connectivity index (χ1v) is 9.46. The number of nitrogens with one attached hydrogen (secondary N) is 2. The zero-order chi connectivity index (χ0) is 20.4. The lowest BCUT2D eigenvalue weighted by atomic mass is 10.0. The molecule has 2 aromatic carbocycles. The Kier molecular flexibility index (Phi) is 11.3. The quantitative estimate of drug-likeness (QED) is 0.228. The molecule has 0 aromatic heterocycles. The van der Waals surface area contributed by atoms with E-state index in [1.54, 1.807) is 21.3 Å². The van der Waals surface area contributed by atoms with Gasteiger partial charge in [0.25, 0.3) is 0 Å². The van der Waals surface area contributed by atoms with Crippen molar-refractivity contribution in [1.29, 1.82) is 0 Å². The fourth-order valence-corrected chi connectivity index (χ4v) is 2.82. The molecular weight excluding hydrogens is 481 g/mol. The third-order valence-corrected chi connectivity index (χ3v) is 4.32. The molecule has 0 atom stereocenters. The number of nitrogens with zero attached hydrogens (tertiary/aromatic N) is 1. The summed E-state index contributed by atoms with van der Waals surface area (Å²) in [6.07, 6.45) is 0. The van der Waals surface area contributed by atoms with Crippen molar-refractivity contribution in [1.82, 2.24) is 10.6 Å². The van der Waals surface area contributed by atoms with Gasteiger partial charge in [0.2, 0.25) is 0 Å². The summed E-state index contributed by atoms with van der Waals surface area (Å²) in [5.41, 5.74) is 2.29. The molecule has 0 saturated carbocycles. The van der Waals surface area contributed by atoms with Crippen LogP contribution in [0.1, 0.15) is 30.9 Å². The summed E-state index contributed by atoms with van der Waals surface area (Å²) in [4.78, 5) is 4.25. The molecule has 0 fully saturated rings. The number of hydrogen-bond acceptors (Lipinski definition) is 4. The first-order valence-electron chi connectivity index (χ1n) is 9.46. The Balaban J connectivity index is 0.00000420. The van der Waals surface area contributed by atoms with Gasteiger partial charge in [0.05, 0.1) is 20.8 Å². The smallest absolute Gasteiger partial charge is 0.191 e. The lowest BCUT2D eigenvalue weighted by molar-refractivity contribution is 0.317.